The summed E-state index contributed by atoms with van der Waals surface area (Å²) in [7, 11) is 0. The lowest BCUT2D eigenvalue weighted by Gasteiger charge is -2.34. The molecule has 0 spiro atoms. The SMILES string of the molecule is O=C(C(c1ccccc1)n1cccc1)N1CCC(Oc2ccc(C(F)(F)F)cc2)CC1. The lowest BCUT2D eigenvalue weighted by molar-refractivity contribution is -0.137. The molecule has 162 valence electrons. The average molecular weight is 428 g/mol. The van der Waals surface area contributed by atoms with Crippen LogP contribution < -0.4 is 4.74 Å². The van der Waals surface area contributed by atoms with Crippen molar-refractivity contribution in [3.63, 3.8) is 0 Å². The van der Waals surface area contributed by atoms with Crippen molar-refractivity contribution in [2.24, 2.45) is 0 Å². The first kappa shape index (κ1) is 21.0. The summed E-state index contributed by atoms with van der Waals surface area (Å²) in [5.41, 5.74) is 0.226. The third-order valence-corrected chi connectivity index (χ3v) is 5.51. The number of aromatic nitrogens is 1. The van der Waals surface area contributed by atoms with Crippen LogP contribution >= 0.6 is 0 Å². The molecular formula is C24H23F3N2O2. The minimum Gasteiger partial charge on any atom is -0.490 e. The van der Waals surface area contributed by atoms with Gasteiger partial charge in [0.15, 0.2) is 0 Å². The van der Waals surface area contributed by atoms with E-state index in [4.69, 9.17) is 4.74 Å². The summed E-state index contributed by atoms with van der Waals surface area (Å²) in [5.74, 6) is 0.433. The largest absolute Gasteiger partial charge is 0.490 e. The fraction of sp³-hybridized carbons (Fsp3) is 0.292. The Morgan fingerprint density at radius 2 is 1.52 bits per heavy atom. The summed E-state index contributed by atoms with van der Waals surface area (Å²) in [6, 6.07) is 17.8. The van der Waals surface area contributed by atoms with Crippen molar-refractivity contribution in [3.05, 3.63) is 90.3 Å². The molecule has 1 fully saturated rings. The molecule has 2 heterocycles. The van der Waals surface area contributed by atoms with E-state index in [1.165, 1.54) is 12.1 Å². The van der Waals surface area contributed by atoms with Crippen LogP contribution in [0.1, 0.15) is 30.0 Å². The minimum absolute atomic E-state index is 0.0235. The van der Waals surface area contributed by atoms with Crippen LogP contribution in [0.4, 0.5) is 13.2 Å². The minimum atomic E-state index is -4.36. The zero-order chi connectivity index (χ0) is 21.8. The molecule has 1 amide bonds. The number of likely N-dealkylation sites (tertiary alicyclic amines) is 1. The Hall–Kier alpha value is -3.22. The second-order valence-corrected chi connectivity index (χ2v) is 7.61. The van der Waals surface area contributed by atoms with Crippen LogP contribution in [0, 0.1) is 0 Å². The van der Waals surface area contributed by atoms with Crippen LogP contribution in [0.3, 0.4) is 0 Å². The third-order valence-electron chi connectivity index (χ3n) is 5.51. The lowest BCUT2D eigenvalue weighted by Crippen LogP contribution is -2.45. The Bertz CT molecular complexity index is 978. The molecule has 1 unspecified atom stereocenters. The summed E-state index contributed by atoms with van der Waals surface area (Å²) in [4.78, 5) is 15.2. The zero-order valence-corrected chi connectivity index (χ0v) is 16.8. The van der Waals surface area contributed by atoms with Gasteiger partial charge in [-0.3, -0.25) is 4.79 Å². The van der Waals surface area contributed by atoms with Gasteiger partial charge in [0.25, 0.3) is 0 Å². The number of piperidine rings is 1. The fourth-order valence-corrected chi connectivity index (χ4v) is 3.88. The number of amides is 1. The second-order valence-electron chi connectivity index (χ2n) is 7.61. The molecule has 1 atom stereocenters. The molecule has 0 radical (unpaired) electrons. The Morgan fingerprint density at radius 3 is 2.10 bits per heavy atom. The number of rotatable bonds is 5. The van der Waals surface area contributed by atoms with Crippen molar-refractivity contribution >= 4 is 5.91 Å². The Morgan fingerprint density at radius 1 is 0.903 bits per heavy atom. The van der Waals surface area contributed by atoms with Crippen molar-refractivity contribution in [1.29, 1.82) is 0 Å². The number of carbonyl (C=O) groups is 1. The molecule has 4 nitrogen and oxygen atoms in total. The number of hydrogen-bond acceptors (Lipinski definition) is 2. The zero-order valence-electron chi connectivity index (χ0n) is 16.8. The molecule has 2 aromatic carbocycles. The van der Waals surface area contributed by atoms with E-state index in [9.17, 15) is 18.0 Å². The summed E-state index contributed by atoms with van der Waals surface area (Å²) < 4.78 is 45.9. The molecular weight excluding hydrogens is 405 g/mol. The van der Waals surface area contributed by atoms with Gasteiger partial charge in [0, 0.05) is 38.3 Å². The van der Waals surface area contributed by atoms with Crippen molar-refractivity contribution < 1.29 is 22.7 Å². The van der Waals surface area contributed by atoms with E-state index >= 15 is 0 Å². The maximum atomic E-state index is 13.4. The molecule has 1 aromatic heterocycles. The number of nitrogens with zero attached hydrogens (tertiary/aromatic N) is 2. The van der Waals surface area contributed by atoms with Crippen molar-refractivity contribution in [3.8, 4) is 5.75 Å². The lowest BCUT2D eigenvalue weighted by atomic mass is 10.0. The van der Waals surface area contributed by atoms with Gasteiger partial charge in [-0.1, -0.05) is 30.3 Å². The van der Waals surface area contributed by atoms with E-state index < -0.39 is 17.8 Å². The van der Waals surface area contributed by atoms with Gasteiger partial charge < -0.3 is 14.2 Å². The first-order valence-corrected chi connectivity index (χ1v) is 10.2. The topological polar surface area (TPSA) is 34.5 Å². The summed E-state index contributed by atoms with van der Waals surface area (Å²) in [5, 5.41) is 0. The molecule has 7 heteroatoms. The van der Waals surface area contributed by atoms with Crippen LogP contribution in [0.2, 0.25) is 0 Å². The molecule has 1 saturated heterocycles. The molecule has 1 aliphatic heterocycles. The van der Waals surface area contributed by atoms with Crippen LogP contribution in [-0.2, 0) is 11.0 Å². The van der Waals surface area contributed by atoms with Gasteiger partial charge in [0.2, 0.25) is 5.91 Å². The molecule has 0 aliphatic carbocycles. The number of alkyl halides is 3. The highest BCUT2D eigenvalue weighted by Crippen LogP contribution is 2.31. The average Bonchev–Trinajstić information content (AvgIpc) is 3.29. The van der Waals surface area contributed by atoms with Gasteiger partial charge in [-0.2, -0.15) is 13.2 Å². The van der Waals surface area contributed by atoms with Crippen molar-refractivity contribution in [2.75, 3.05) is 13.1 Å². The Labute approximate surface area is 178 Å². The predicted octanol–water partition coefficient (Wildman–Crippen LogP) is 5.17. The summed E-state index contributed by atoms with van der Waals surface area (Å²) in [6.07, 6.45) is 0.521. The molecule has 4 rings (SSSR count). The number of benzene rings is 2. The van der Waals surface area contributed by atoms with Gasteiger partial charge in [-0.15, -0.1) is 0 Å². The highest BCUT2D eigenvalue weighted by molar-refractivity contribution is 5.83. The van der Waals surface area contributed by atoms with Crippen LogP contribution in [0.5, 0.6) is 5.75 Å². The highest BCUT2D eigenvalue weighted by atomic mass is 19.4. The normalized spacial score (nSPS) is 16.2. The number of carbonyl (C=O) groups excluding carboxylic acids is 1. The highest BCUT2D eigenvalue weighted by Gasteiger charge is 2.32. The number of halogens is 3. The standard InChI is InChI=1S/C24H23F3N2O2/c25-24(26,27)19-8-10-20(11-9-19)31-21-12-16-29(17-13-21)23(30)22(28-14-4-5-15-28)18-6-2-1-3-7-18/h1-11,14-15,21-22H,12-13,16-17H2. The first-order chi connectivity index (χ1) is 14.9. The van der Waals surface area contributed by atoms with Gasteiger partial charge in [-0.05, 0) is 42.0 Å². The monoisotopic (exact) mass is 428 g/mol. The third kappa shape index (κ3) is 4.93. The van der Waals surface area contributed by atoms with Crippen LogP contribution in [0.15, 0.2) is 79.1 Å². The van der Waals surface area contributed by atoms with Crippen molar-refractivity contribution in [2.45, 2.75) is 31.2 Å². The molecule has 0 N–H and O–H groups in total. The van der Waals surface area contributed by atoms with Crippen LogP contribution in [0.25, 0.3) is 0 Å². The van der Waals surface area contributed by atoms with E-state index in [0.717, 1.165) is 17.7 Å². The van der Waals surface area contributed by atoms with E-state index in [1.807, 2.05) is 64.3 Å². The maximum absolute atomic E-state index is 13.4. The molecule has 1 aliphatic rings. The van der Waals surface area contributed by atoms with E-state index in [1.54, 1.807) is 0 Å². The van der Waals surface area contributed by atoms with Gasteiger partial charge >= 0.3 is 6.18 Å². The smallest absolute Gasteiger partial charge is 0.416 e. The molecule has 0 saturated carbocycles. The Kier molecular flexibility index (Phi) is 6.02. The van der Waals surface area contributed by atoms with Gasteiger partial charge in [0.05, 0.1) is 5.56 Å². The summed E-state index contributed by atoms with van der Waals surface area (Å²) in [6.45, 7) is 1.07. The van der Waals surface area contributed by atoms with E-state index in [0.29, 0.717) is 31.7 Å². The molecule has 31 heavy (non-hydrogen) atoms. The first-order valence-electron chi connectivity index (χ1n) is 10.2. The number of hydrogen-bond donors (Lipinski definition) is 0. The van der Waals surface area contributed by atoms with E-state index in [2.05, 4.69) is 0 Å². The van der Waals surface area contributed by atoms with E-state index in [-0.39, 0.29) is 12.0 Å². The fourth-order valence-electron chi connectivity index (χ4n) is 3.88. The predicted molar refractivity (Wildman–Crippen MR) is 111 cm³/mol. The number of ether oxygens (including phenoxy) is 1. The quantitative estimate of drug-likeness (QED) is 0.562. The summed E-state index contributed by atoms with van der Waals surface area (Å²) >= 11 is 0. The van der Waals surface area contributed by atoms with Crippen molar-refractivity contribution in [1.82, 2.24) is 9.47 Å². The second kappa shape index (κ2) is 8.88. The maximum Gasteiger partial charge on any atom is 0.416 e. The Balaban J connectivity index is 1.39. The molecule has 3 aromatic rings. The molecule has 0 bridgehead atoms. The van der Waals surface area contributed by atoms with Crippen LogP contribution in [-0.4, -0.2) is 34.6 Å². The van der Waals surface area contributed by atoms with Gasteiger partial charge in [-0.25, -0.2) is 0 Å². The van der Waals surface area contributed by atoms with Gasteiger partial charge in [0.1, 0.15) is 17.9 Å².